The molecule has 0 saturated carbocycles. The maximum atomic E-state index is 13.3. The number of rotatable bonds is 6. The molecule has 0 saturated heterocycles. The van der Waals surface area contributed by atoms with E-state index in [9.17, 15) is 23.7 Å². The lowest BCUT2D eigenvalue weighted by Crippen LogP contribution is -2.37. The molecule has 2 rings (SSSR count). The van der Waals surface area contributed by atoms with Crippen LogP contribution in [0.3, 0.4) is 0 Å². The van der Waals surface area contributed by atoms with Crippen molar-refractivity contribution in [2.45, 2.75) is 26.0 Å². The molecular weight excluding hydrogens is 334 g/mol. The smallest absolute Gasteiger partial charge is 0.311 e. The summed E-state index contributed by atoms with van der Waals surface area (Å²) in [6.45, 7) is 3.09. The summed E-state index contributed by atoms with van der Waals surface area (Å²) in [6.07, 6.45) is -1.09. The minimum atomic E-state index is -1.09. The molecule has 2 atom stereocenters. The number of ether oxygens (including phenoxy) is 1. The molecule has 0 aliphatic rings. The Bertz CT molecular complexity index is 781. The minimum Gasteiger partial charge on any atom is -0.474 e. The van der Waals surface area contributed by atoms with Crippen molar-refractivity contribution in [3.8, 4) is 5.75 Å². The maximum Gasteiger partial charge on any atom is 0.311 e. The number of hydrogen-bond donors (Lipinski definition) is 1. The van der Waals surface area contributed by atoms with Crippen molar-refractivity contribution in [2.24, 2.45) is 0 Å². The van der Waals surface area contributed by atoms with E-state index in [4.69, 9.17) is 4.74 Å². The fraction of sp³-hybridized carbons (Fsp3) is 0.235. The van der Waals surface area contributed by atoms with Crippen LogP contribution in [0.4, 0.5) is 14.5 Å². The fourth-order valence-corrected chi connectivity index (χ4v) is 2.14. The average Bonchev–Trinajstić information content (AvgIpc) is 2.55. The molecule has 2 aromatic rings. The lowest BCUT2D eigenvalue weighted by atomic mass is 10.1. The summed E-state index contributed by atoms with van der Waals surface area (Å²) in [5.74, 6) is -1.98. The Morgan fingerprint density at radius 2 is 1.72 bits per heavy atom. The van der Waals surface area contributed by atoms with Gasteiger partial charge in [0.05, 0.1) is 11.0 Å². The molecule has 6 nitrogen and oxygen atoms in total. The molecule has 2 aromatic carbocycles. The predicted molar refractivity (Wildman–Crippen MR) is 86.1 cm³/mol. The van der Waals surface area contributed by atoms with Crippen molar-refractivity contribution < 1.29 is 23.2 Å². The highest BCUT2D eigenvalue weighted by Crippen LogP contribution is 2.28. The van der Waals surface area contributed by atoms with Crippen LogP contribution in [0, 0.1) is 21.7 Å². The standard InChI is InChI=1S/C17H16F2N2O4/c1-10(12-3-5-13(18)6-4-12)20-17(22)11(2)25-16-9-14(19)7-8-15(16)21(23)24/h3-11H,1-2H3,(H,20,22)/t10-,11-/m0/s1. The monoisotopic (exact) mass is 350 g/mol. The number of hydrogen-bond acceptors (Lipinski definition) is 4. The zero-order chi connectivity index (χ0) is 18.6. The quantitative estimate of drug-likeness (QED) is 0.638. The van der Waals surface area contributed by atoms with E-state index in [0.717, 1.165) is 18.2 Å². The van der Waals surface area contributed by atoms with Gasteiger partial charge in [0.2, 0.25) is 5.75 Å². The first kappa shape index (κ1) is 18.3. The van der Waals surface area contributed by atoms with Crippen molar-refractivity contribution in [3.05, 3.63) is 69.8 Å². The molecule has 0 heterocycles. The van der Waals surface area contributed by atoms with E-state index < -0.39 is 40.3 Å². The van der Waals surface area contributed by atoms with Crippen molar-refractivity contribution in [2.75, 3.05) is 0 Å². The highest BCUT2D eigenvalue weighted by molar-refractivity contribution is 5.81. The number of amides is 1. The lowest BCUT2D eigenvalue weighted by Gasteiger charge is -2.19. The van der Waals surface area contributed by atoms with E-state index >= 15 is 0 Å². The Hall–Kier alpha value is -3.03. The normalized spacial score (nSPS) is 13.0. The van der Waals surface area contributed by atoms with Crippen LogP contribution in [0.5, 0.6) is 5.75 Å². The van der Waals surface area contributed by atoms with Crippen LogP contribution in [0.25, 0.3) is 0 Å². The Kier molecular flexibility index (Phi) is 5.63. The van der Waals surface area contributed by atoms with Gasteiger partial charge in [-0.25, -0.2) is 8.78 Å². The van der Waals surface area contributed by atoms with Crippen LogP contribution >= 0.6 is 0 Å². The summed E-state index contributed by atoms with van der Waals surface area (Å²) in [6, 6.07) is 7.93. The van der Waals surface area contributed by atoms with Crippen LogP contribution in [0.2, 0.25) is 0 Å². The first-order valence-corrected chi connectivity index (χ1v) is 7.44. The number of benzene rings is 2. The number of nitro benzene ring substituents is 1. The third-order valence-corrected chi connectivity index (χ3v) is 3.52. The molecule has 25 heavy (non-hydrogen) atoms. The highest BCUT2D eigenvalue weighted by atomic mass is 19.1. The largest absolute Gasteiger partial charge is 0.474 e. The van der Waals surface area contributed by atoms with Gasteiger partial charge in [0.15, 0.2) is 6.10 Å². The summed E-state index contributed by atoms with van der Waals surface area (Å²) >= 11 is 0. The van der Waals surface area contributed by atoms with Gasteiger partial charge in [-0.05, 0) is 37.6 Å². The van der Waals surface area contributed by atoms with Gasteiger partial charge >= 0.3 is 5.69 Å². The molecule has 0 spiro atoms. The summed E-state index contributed by atoms with van der Waals surface area (Å²) in [5.41, 5.74) is 0.242. The maximum absolute atomic E-state index is 13.3. The fourth-order valence-electron chi connectivity index (χ4n) is 2.14. The third kappa shape index (κ3) is 4.72. The van der Waals surface area contributed by atoms with Crippen molar-refractivity contribution >= 4 is 11.6 Å². The zero-order valence-electron chi connectivity index (χ0n) is 13.5. The summed E-state index contributed by atoms with van der Waals surface area (Å²) < 4.78 is 31.5. The molecule has 1 amide bonds. The molecular formula is C17H16F2N2O4. The number of nitrogens with one attached hydrogen (secondary N) is 1. The third-order valence-electron chi connectivity index (χ3n) is 3.52. The molecule has 0 bridgehead atoms. The van der Waals surface area contributed by atoms with Gasteiger partial charge in [-0.3, -0.25) is 14.9 Å². The summed E-state index contributed by atoms with van der Waals surface area (Å²) in [4.78, 5) is 22.4. The second kappa shape index (κ2) is 7.69. The average molecular weight is 350 g/mol. The molecule has 0 aliphatic carbocycles. The van der Waals surface area contributed by atoms with Gasteiger partial charge in [-0.2, -0.15) is 0 Å². The van der Waals surface area contributed by atoms with E-state index in [0.29, 0.717) is 5.56 Å². The van der Waals surface area contributed by atoms with Gasteiger partial charge in [0.25, 0.3) is 5.91 Å². The highest BCUT2D eigenvalue weighted by Gasteiger charge is 2.23. The zero-order valence-corrected chi connectivity index (χ0v) is 13.5. The predicted octanol–water partition coefficient (Wildman–Crippen LogP) is 3.52. The first-order valence-electron chi connectivity index (χ1n) is 7.44. The topological polar surface area (TPSA) is 81.5 Å². The second-order valence-electron chi connectivity index (χ2n) is 5.41. The SMILES string of the molecule is C[C@H](Oc1cc(F)ccc1[N+](=O)[O-])C(=O)N[C@@H](C)c1ccc(F)cc1. The lowest BCUT2D eigenvalue weighted by molar-refractivity contribution is -0.386. The molecule has 0 fully saturated rings. The van der Waals surface area contributed by atoms with Crippen LogP contribution in [0.1, 0.15) is 25.5 Å². The first-order chi connectivity index (χ1) is 11.8. The second-order valence-corrected chi connectivity index (χ2v) is 5.41. The molecule has 132 valence electrons. The number of halogens is 2. The molecule has 0 radical (unpaired) electrons. The van der Waals surface area contributed by atoms with E-state index in [1.165, 1.54) is 31.2 Å². The van der Waals surface area contributed by atoms with Gasteiger partial charge < -0.3 is 10.1 Å². The summed E-state index contributed by atoms with van der Waals surface area (Å²) in [7, 11) is 0. The van der Waals surface area contributed by atoms with Gasteiger partial charge in [-0.1, -0.05) is 12.1 Å². The van der Waals surface area contributed by atoms with Crippen LogP contribution < -0.4 is 10.1 Å². The van der Waals surface area contributed by atoms with E-state index in [1.54, 1.807) is 6.92 Å². The molecule has 0 unspecified atom stereocenters. The van der Waals surface area contributed by atoms with Crippen LogP contribution in [-0.2, 0) is 4.79 Å². The van der Waals surface area contributed by atoms with Crippen LogP contribution in [0.15, 0.2) is 42.5 Å². The van der Waals surface area contributed by atoms with Crippen molar-refractivity contribution in [3.63, 3.8) is 0 Å². The van der Waals surface area contributed by atoms with Crippen molar-refractivity contribution in [1.29, 1.82) is 0 Å². The van der Waals surface area contributed by atoms with E-state index in [1.807, 2.05) is 0 Å². The van der Waals surface area contributed by atoms with Crippen molar-refractivity contribution in [1.82, 2.24) is 5.32 Å². The molecule has 1 N–H and O–H groups in total. The Labute approximate surface area is 142 Å². The summed E-state index contributed by atoms with van der Waals surface area (Å²) in [5, 5.41) is 13.6. The number of nitro groups is 1. The van der Waals surface area contributed by atoms with Gasteiger partial charge in [0, 0.05) is 12.1 Å². The molecule has 8 heteroatoms. The number of nitrogens with zero attached hydrogens (tertiary/aromatic N) is 1. The number of carbonyl (C=O) groups is 1. The van der Waals surface area contributed by atoms with Gasteiger partial charge in [-0.15, -0.1) is 0 Å². The molecule has 0 aliphatic heterocycles. The van der Waals surface area contributed by atoms with Gasteiger partial charge in [0.1, 0.15) is 11.6 Å². The van der Waals surface area contributed by atoms with Crippen LogP contribution in [-0.4, -0.2) is 16.9 Å². The Morgan fingerprint density at radius 3 is 2.32 bits per heavy atom. The molecule has 0 aromatic heterocycles. The van der Waals surface area contributed by atoms with E-state index in [-0.39, 0.29) is 5.75 Å². The van der Waals surface area contributed by atoms with E-state index in [2.05, 4.69) is 5.32 Å². The Morgan fingerprint density at radius 1 is 1.12 bits per heavy atom. The minimum absolute atomic E-state index is 0.331. The Balaban J connectivity index is 2.06. The number of carbonyl (C=O) groups excluding carboxylic acids is 1.